The Balaban J connectivity index is 2.12. The number of esters is 1. The minimum absolute atomic E-state index is 0.102. The van der Waals surface area contributed by atoms with E-state index in [-0.39, 0.29) is 11.8 Å². The van der Waals surface area contributed by atoms with E-state index in [9.17, 15) is 9.59 Å². The number of hydrogen-bond acceptors (Lipinski definition) is 3. The zero-order valence-electron chi connectivity index (χ0n) is 12.9. The summed E-state index contributed by atoms with van der Waals surface area (Å²) in [6.45, 7) is 0. The first-order chi connectivity index (χ1) is 11.1. The fraction of sp³-hybridized carbons (Fsp3) is 0.158. The maximum atomic E-state index is 12.1. The molecular weight excluding hydrogens is 290 g/mol. The van der Waals surface area contributed by atoms with Gasteiger partial charge in [-0.2, -0.15) is 0 Å². The van der Waals surface area contributed by atoms with Crippen LogP contribution in [0.1, 0.15) is 21.5 Å². The lowest BCUT2D eigenvalue weighted by molar-refractivity contribution is -0.114. The number of ketones is 1. The minimum Gasteiger partial charge on any atom is -0.465 e. The van der Waals surface area contributed by atoms with Crippen molar-refractivity contribution in [2.45, 2.75) is 6.42 Å². The van der Waals surface area contributed by atoms with Crippen LogP contribution in [0.4, 0.5) is 0 Å². The van der Waals surface area contributed by atoms with E-state index >= 15 is 0 Å². The Morgan fingerprint density at radius 3 is 2.83 bits per heavy atom. The van der Waals surface area contributed by atoms with E-state index in [2.05, 4.69) is 6.07 Å². The summed E-state index contributed by atoms with van der Waals surface area (Å²) in [5.41, 5.74) is 3.58. The van der Waals surface area contributed by atoms with Crippen LogP contribution >= 0.6 is 0 Å². The number of aromatic nitrogens is 1. The fourth-order valence-electron chi connectivity index (χ4n) is 3.33. The third kappa shape index (κ3) is 1.99. The van der Waals surface area contributed by atoms with Crippen molar-refractivity contribution < 1.29 is 14.3 Å². The number of rotatable bonds is 1. The molecular formula is C19H15NO3. The Labute approximate surface area is 133 Å². The Morgan fingerprint density at radius 1 is 1.22 bits per heavy atom. The highest BCUT2D eigenvalue weighted by Crippen LogP contribution is 2.33. The molecule has 0 radical (unpaired) electrons. The Morgan fingerprint density at radius 2 is 2.04 bits per heavy atom. The van der Waals surface area contributed by atoms with E-state index in [1.807, 2.05) is 35.9 Å². The molecule has 0 unspecified atom stereocenters. The number of hydrogen-bond donors (Lipinski definition) is 0. The maximum absolute atomic E-state index is 12.1. The summed E-state index contributed by atoms with van der Waals surface area (Å²) in [5, 5.41) is 2.90. The van der Waals surface area contributed by atoms with Gasteiger partial charge in [-0.25, -0.2) is 4.79 Å². The lowest BCUT2D eigenvalue weighted by atomic mass is 9.91. The smallest absolute Gasteiger partial charge is 0.340 e. The normalized spacial score (nSPS) is 13.6. The van der Waals surface area contributed by atoms with Gasteiger partial charge in [0.15, 0.2) is 5.78 Å². The first-order valence-corrected chi connectivity index (χ1v) is 7.42. The van der Waals surface area contributed by atoms with E-state index in [4.69, 9.17) is 4.74 Å². The molecule has 114 valence electrons. The van der Waals surface area contributed by atoms with Crippen molar-refractivity contribution in [1.82, 2.24) is 4.57 Å². The number of ether oxygens (including phenoxy) is 1. The van der Waals surface area contributed by atoms with Gasteiger partial charge in [0, 0.05) is 30.6 Å². The Bertz CT molecular complexity index is 1020. The molecule has 0 saturated heterocycles. The lowest BCUT2D eigenvalue weighted by Crippen LogP contribution is -2.05. The van der Waals surface area contributed by atoms with E-state index < -0.39 is 0 Å². The quantitative estimate of drug-likeness (QED) is 0.648. The summed E-state index contributed by atoms with van der Waals surface area (Å²) in [5.74, 6) is -0.248. The summed E-state index contributed by atoms with van der Waals surface area (Å²) in [4.78, 5) is 23.8. The molecule has 1 aliphatic carbocycles. The maximum Gasteiger partial charge on any atom is 0.340 e. The van der Waals surface area contributed by atoms with Crippen LogP contribution in [0.15, 0.2) is 36.5 Å². The van der Waals surface area contributed by atoms with E-state index in [0.717, 1.165) is 32.8 Å². The predicted molar refractivity (Wildman–Crippen MR) is 89.5 cm³/mol. The number of methoxy groups -OCH3 is 1. The third-order valence-corrected chi connectivity index (χ3v) is 4.45. The van der Waals surface area contributed by atoms with Gasteiger partial charge in [-0.1, -0.05) is 12.1 Å². The average Bonchev–Trinajstić information content (AvgIpc) is 2.89. The van der Waals surface area contributed by atoms with Gasteiger partial charge >= 0.3 is 5.97 Å². The van der Waals surface area contributed by atoms with Crippen molar-refractivity contribution in [1.29, 1.82) is 0 Å². The standard InChI is InChI=1S/C19H15NO3/c1-20-10-16(19(22)23-2)18-15-9-13-8-14(21)5-3-11(13)7-12(15)4-6-17(18)20/h3-7,9-10H,8H2,1-2H3. The molecule has 4 rings (SSSR count). The van der Waals surface area contributed by atoms with Crippen LogP contribution in [0.25, 0.3) is 27.8 Å². The molecule has 0 amide bonds. The number of allylic oxidation sites excluding steroid dienone is 1. The van der Waals surface area contributed by atoms with Crippen LogP contribution < -0.4 is 0 Å². The highest BCUT2D eigenvalue weighted by atomic mass is 16.5. The van der Waals surface area contributed by atoms with E-state index in [1.165, 1.54) is 7.11 Å². The van der Waals surface area contributed by atoms with Gasteiger partial charge in [-0.15, -0.1) is 0 Å². The number of fused-ring (bicyclic) bond motifs is 4. The summed E-state index contributed by atoms with van der Waals surface area (Å²) < 4.78 is 6.84. The van der Waals surface area contributed by atoms with E-state index in [1.54, 1.807) is 12.3 Å². The van der Waals surface area contributed by atoms with Crippen LogP contribution in [0.2, 0.25) is 0 Å². The summed E-state index contributed by atoms with van der Waals surface area (Å²) in [7, 11) is 3.29. The molecule has 2 aromatic carbocycles. The molecule has 0 atom stereocenters. The molecule has 3 aromatic rings. The number of aryl methyl sites for hydroxylation is 1. The molecule has 0 fully saturated rings. The van der Waals surface area contributed by atoms with Crippen molar-refractivity contribution >= 4 is 39.5 Å². The van der Waals surface area contributed by atoms with Crippen LogP contribution in [0, 0.1) is 0 Å². The van der Waals surface area contributed by atoms with Gasteiger partial charge in [0.05, 0.1) is 12.7 Å². The first kappa shape index (κ1) is 13.8. The van der Waals surface area contributed by atoms with Gasteiger partial charge < -0.3 is 9.30 Å². The monoisotopic (exact) mass is 305 g/mol. The zero-order valence-corrected chi connectivity index (χ0v) is 12.9. The minimum atomic E-state index is -0.350. The zero-order chi connectivity index (χ0) is 16.1. The predicted octanol–water partition coefficient (Wildman–Crippen LogP) is 3.26. The highest BCUT2D eigenvalue weighted by Gasteiger charge is 2.19. The number of carbonyl (C=O) groups excluding carboxylic acids is 2. The molecule has 0 N–H and O–H groups in total. The number of nitrogens with zero attached hydrogens (tertiary/aromatic N) is 1. The average molecular weight is 305 g/mol. The molecule has 4 heteroatoms. The highest BCUT2D eigenvalue weighted by molar-refractivity contribution is 6.17. The lowest BCUT2D eigenvalue weighted by Gasteiger charge is -2.12. The van der Waals surface area contributed by atoms with Crippen molar-refractivity contribution in [3.05, 3.63) is 53.2 Å². The first-order valence-electron chi connectivity index (χ1n) is 7.42. The molecule has 0 aliphatic heterocycles. The van der Waals surface area contributed by atoms with Crippen LogP contribution in [-0.4, -0.2) is 23.4 Å². The molecule has 1 aliphatic rings. The summed E-state index contributed by atoms with van der Waals surface area (Å²) >= 11 is 0. The topological polar surface area (TPSA) is 48.3 Å². The van der Waals surface area contributed by atoms with Gasteiger partial charge in [0.1, 0.15) is 0 Å². The third-order valence-electron chi connectivity index (χ3n) is 4.45. The molecule has 0 saturated carbocycles. The molecule has 1 aromatic heterocycles. The fourth-order valence-corrected chi connectivity index (χ4v) is 3.33. The largest absolute Gasteiger partial charge is 0.465 e. The molecule has 0 spiro atoms. The second kappa shape index (κ2) is 4.81. The SMILES string of the molecule is COC(=O)c1cn(C)c2ccc3cc4c(cc3c12)CC(=O)C=C4. The van der Waals surface area contributed by atoms with Gasteiger partial charge in [0.2, 0.25) is 0 Å². The van der Waals surface area contributed by atoms with Gasteiger partial charge in [0.25, 0.3) is 0 Å². The molecule has 0 bridgehead atoms. The molecule has 23 heavy (non-hydrogen) atoms. The van der Waals surface area contributed by atoms with Gasteiger partial charge in [-0.05, 0) is 46.2 Å². The van der Waals surface area contributed by atoms with Crippen LogP contribution in [-0.2, 0) is 23.0 Å². The van der Waals surface area contributed by atoms with Crippen molar-refractivity contribution in [2.75, 3.05) is 7.11 Å². The van der Waals surface area contributed by atoms with Crippen molar-refractivity contribution in [2.24, 2.45) is 7.05 Å². The summed E-state index contributed by atoms with van der Waals surface area (Å²) in [6.07, 6.45) is 5.67. The summed E-state index contributed by atoms with van der Waals surface area (Å²) in [6, 6.07) is 8.15. The van der Waals surface area contributed by atoms with Crippen molar-refractivity contribution in [3.8, 4) is 0 Å². The van der Waals surface area contributed by atoms with Gasteiger partial charge in [-0.3, -0.25) is 4.79 Å². The molecule has 4 nitrogen and oxygen atoms in total. The number of benzene rings is 2. The number of carbonyl (C=O) groups is 2. The van der Waals surface area contributed by atoms with Crippen molar-refractivity contribution in [3.63, 3.8) is 0 Å². The van der Waals surface area contributed by atoms with Crippen LogP contribution in [0.3, 0.4) is 0 Å². The Hall–Kier alpha value is -2.88. The second-order valence-electron chi connectivity index (χ2n) is 5.85. The van der Waals surface area contributed by atoms with E-state index in [0.29, 0.717) is 12.0 Å². The Kier molecular flexibility index (Phi) is 2.88. The second-order valence-corrected chi connectivity index (χ2v) is 5.85. The molecule has 1 heterocycles. The van der Waals surface area contributed by atoms with Crippen LogP contribution in [0.5, 0.6) is 0 Å².